The average Bonchev–Trinajstić information content (AvgIpc) is 2.95. The summed E-state index contributed by atoms with van der Waals surface area (Å²) in [5.41, 5.74) is 0.665. The lowest BCUT2D eigenvalue weighted by Crippen LogP contribution is -2.41. The molecular formula is C16H22ClNO2. The number of carbonyl (C=O) groups excluding carboxylic acids is 1. The molecule has 20 heavy (non-hydrogen) atoms. The van der Waals surface area contributed by atoms with E-state index in [0.717, 1.165) is 25.1 Å². The summed E-state index contributed by atoms with van der Waals surface area (Å²) >= 11 is 5.94. The van der Waals surface area contributed by atoms with Gasteiger partial charge >= 0.3 is 0 Å². The van der Waals surface area contributed by atoms with Crippen molar-refractivity contribution in [1.82, 2.24) is 4.90 Å². The first-order valence-electron chi connectivity index (χ1n) is 7.00. The number of carbonyl (C=O) groups is 1. The molecule has 0 saturated carbocycles. The molecule has 0 N–H and O–H groups in total. The zero-order valence-corrected chi connectivity index (χ0v) is 13.1. The van der Waals surface area contributed by atoms with Crippen LogP contribution in [0.4, 0.5) is 0 Å². The number of hydrogen-bond donors (Lipinski definition) is 0. The van der Waals surface area contributed by atoms with Crippen molar-refractivity contribution in [2.45, 2.75) is 32.7 Å². The number of ether oxygens (including phenoxy) is 1. The lowest BCUT2D eigenvalue weighted by Gasteiger charge is -2.32. The number of halogens is 1. The Morgan fingerprint density at radius 1 is 1.40 bits per heavy atom. The molecule has 1 heterocycles. The smallest absolute Gasteiger partial charge is 0.229 e. The molecule has 1 aliphatic rings. The third-order valence-electron chi connectivity index (χ3n) is 3.93. The van der Waals surface area contributed by atoms with Gasteiger partial charge in [0.2, 0.25) is 5.91 Å². The molecule has 0 aromatic heterocycles. The fraction of sp³-hybridized carbons (Fsp3) is 0.562. The van der Waals surface area contributed by atoms with Gasteiger partial charge in [0.25, 0.3) is 0 Å². The van der Waals surface area contributed by atoms with Crippen molar-refractivity contribution >= 4 is 17.5 Å². The molecule has 1 aliphatic heterocycles. The highest BCUT2D eigenvalue weighted by Crippen LogP contribution is 2.36. The molecule has 1 atom stereocenters. The van der Waals surface area contributed by atoms with Crippen LogP contribution in [0, 0.1) is 5.41 Å². The van der Waals surface area contributed by atoms with E-state index in [9.17, 15) is 4.79 Å². The summed E-state index contributed by atoms with van der Waals surface area (Å²) in [5, 5.41) is 0. The van der Waals surface area contributed by atoms with Crippen molar-refractivity contribution < 1.29 is 9.53 Å². The van der Waals surface area contributed by atoms with Gasteiger partial charge in [-0.05, 0) is 44.4 Å². The van der Waals surface area contributed by atoms with Crippen LogP contribution in [0.5, 0.6) is 5.75 Å². The van der Waals surface area contributed by atoms with E-state index >= 15 is 0 Å². The molecule has 1 aromatic rings. The van der Waals surface area contributed by atoms with Crippen LogP contribution in [0.1, 0.15) is 38.3 Å². The highest BCUT2D eigenvalue weighted by Gasteiger charge is 2.37. The molecule has 0 radical (unpaired) electrons. The molecule has 1 saturated heterocycles. The zero-order chi connectivity index (χ0) is 14.8. The minimum atomic E-state index is -0.503. The third kappa shape index (κ3) is 2.93. The van der Waals surface area contributed by atoms with E-state index in [4.69, 9.17) is 16.3 Å². The maximum atomic E-state index is 12.6. The molecule has 1 fully saturated rings. The number of rotatable bonds is 4. The third-order valence-corrected chi connectivity index (χ3v) is 4.60. The van der Waals surface area contributed by atoms with Gasteiger partial charge in [-0.25, -0.2) is 0 Å². The van der Waals surface area contributed by atoms with E-state index in [1.165, 1.54) is 5.56 Å². The Kier molecular flexibility index (Phi) is 4.59. The predicted octanol–water partition coefficient (Wildman–Crippen LogP) is 3.62. The number of nitrogens with zero attached hydrogens (tertiary/aromatic N) is 1. The van der Waals surface area contributed by atoms with Gasteiger partial charge in [0, 0.05) is 12.4 Å². The molecule has 0 spiro atoms. The van der Waals surface area contributed by atoms with Gasteiger partial charge in [0.05, 0.1) is 18.6 Å². The minimum Gasteiger partial charge on any atom is -0.497 e. The van der Waals surface area contributed by atoms with Gasteiger partial charge in [0.15, 0.2) is 0 Å². The van der Waals surface area contributed by atoms with Crippen molar-refractivity contribution in [3.8, 4) is 5.75 Å². The normalized spacial score (nSPS) is 19.2. The van der Waals surface area contributed by atoms with Crippen LogP contribution in [0.3, 0.4) is 0 Å². The molecule has 1 unspecified atom stereocenters. The monoisotopic (exact) mass is 295 g/mol. The number of methoxy groups -OCH3 is 1. The Balaban J connectivity index is 2.20. The second-order valence-electron chi connectivity index (χ2n) is 5.95. The van der Waals surface area contributed by atoms with Gasteiger partial charge < -0.3 is 9.64 Å². The van der Waals surface area contributed by atoms with Gasteiger partial charge in [-0.1, -0.05) is 12.1 Å². The summed E-state index contributed by atoms with van der Waals surface area (Å²) in [6, 6.07) is 8.15. The summed E-state index contributed by atoms with van der Waals surface area (Å²) in [4.78, 5) is 14.6. The number of alkyl halides is 1. The number of hydrogen-bond acceptors (Lipinski definition) is 2. The van der Waals surface area contributed by atoms with E-state index < -0.39 is 5.41 Å². The van der Waals surface area contributed by atoms with Gasteiger partial charge in [-0.3, -0.25) is 4.79 Å². The first kappa shape index (κ1) is 15.2. The molecular weight excluding hydrogens is 274 g/mol. The second-order valence-corrected chi connectivity index (χ2v) is 6.21. The quantitative estimate of drug-likeness (QED) is 0.794. The second kappa shape index (κ2) is 6.04. The van der Waals surface area contributed by atoms with Crippen LogP contribution >= 0.6 is 11.6 Å². The summed E-state index contributed by atoms with van der Waals surface area (Å²) < 4.78 is 5.18. The Labute approximate surface area is 125 Å². The Morgan fingerprint density at radius 2 is 2.05 bits per heavy atom. The van der Waals surface area contributed by atoms with Crippen molar-refractivity contribution in [2.75, 3.05) is 19.5 Å². The highest BCUT2D eigenvalue weighted by molar-refractivity contribution is 6.19. The maximum absolute atomic E-state index is 12.6. The fourth-order valence-electron chi connectivity index (χ4n) is 2.63. The lowest BCUT2D eigenvalue weighted by molar-refractivity contribution is -0.140. The molecule has 3 nitrogen and oxygen atoms in total. The molecule has 4 heteroatoms. The average molecular weight is 296 g/mol. The summed E-state index contributed by atoms with van der Waals surface area (Å²) in [5.74, 6) is 1.33. The van der Waals surface area contributed by atoms with Crippen molar-refractivity contribution in [3.63, 3.8) is 0 Å². The first-order valence-corrected chi connectivity index (χ1v) is 7.54. The number of amides is 1. The summed E-state index contributed by atoms with van der Waals surface area (Å²) in [6.07, 6.45) is 2.05. The van der Waals surface area contributed by atoms with Crippen LogP contribution in [0.15, 0.2) is 24.3 Å². The largest absolute Gasteiger partial charge is 0.497 e. The van der Waals surface area contributed by atoms with E-state index in [1.807, 2.05) is 43.0 Å². The standard InChI is InChI=1S/C16H22ClNO2/c1-16(2,11-17)15(19)18-10-4-5-14(18)12-6-8-13(20-3)9-7-12/h6-9,14H,4-5,10-11H2,1-3H3. The Bertz CT molecular complexity index is 470. The topological polar surface area (TPSA) is 29.5 Å². The number of benzene rings is 1. The SMILES string of the molecule is COc1ccc(C2CCCN2C(=O)C(C)(C)CCl)cc1. The Morgan fingerprint density at radius 3 is 2.60 bits per heavy atom. The van der Waals surface area contributed by atoms with E-state index in [-0.39, 0.29) is 11.9 Å². The summed E-state index contributed by atoms with van der Waals surface area (Å²) in [7, 11) is 1.66. The minimum absolute atomic E-state index is 0.144. The van der Waals surface area contributed by atoms with Crippen molar-refractivity contribution in [2.24, 2.45) is 5.41 Å². The van der Waals surface area contributed by atoms with Crippen LogP contribution in [0.2, 0.25) is 0 Å². The molecule has 1 aromatic carbocycles. The molecule has 110 valence electrons. The van der Waals surface area contributed by atoms with Gasteiger partial charge in [-0.2, -0.15) is 0 Å². The van der Waals surface area contributed by atoms with E-state index in [2.05, 4.69) is 0 Å². The van der Waals surface area contributed by atoms with Crippen molar-refractivity contribution in [1.29, 1.82) is 0 Å². The van der Waals surface area contributed by atoms with Gasteiger partial charge in [0.1, 0.15) is 5.75 Å². The maximum Gasteiger partial charge on any atom is 0.229 e. The van der Waals surface area contributed by atoms with Gasteiger partial charge in [-0.15, -0.1) is 11.6 Å². The van der Waals surface area contributed by atoms with Crippen LogP contribution in [-0.2, 0) is 4.79 Å². The fourth-order valence-corrected chi connectivity index (χ4v) is 2.74. The van der Waals surface area contributed by atoms with Crippen LogP contribution < -0.4 is 4.74 Å². The molecule has 0 aliphatic carbocycles. The highest BCUT2D eigenvalue weighted by atomic mass is 35.5. The Hall–Kier alpha value is -1.22. The van der Waals surface area contributed by atoms with E-state index in [0.29, 0.717) is 5.88 Å². The molecule has 0 bridgehead atoms. The zero-order valence-electron chi connectivity index (χ0n) is 12.4. The lowest BCUT2D eigenvalue weighted by atomic mass is 9.93. The summed E-state index contributed by atoms with van der Waals surface area (Å²) in [6.45, 7) is 4.63. The first-order chi connectivity index (χ1) is 9.49. The molecule has 1 amide bonds. The van der Waals surface area contributed by atoms with Crippen LogP contribution in [-0.4, -0.2) is 30.3 Å². The predicted molar refractivity (Wildman–Crippen MR) is 81.2 cm³/mol. The molecule has 2 rings (SSSR count). The van der Waals surface area contributed by atoms with Crippen LogP contribution in [0.25, 0.3) is 0 Å². The van der Waals surface area contributed by atoms with Crippen molar-refractivity contribution in [3.05, 3.63) is 29.8 Å². The van der Waals surface area contributed by atoms with E-state index in [1.54, 1.807) is 7.11 Å². The number of likely N-dealkylation sites (tertiary alicyclic amines) is 1.